The monoisotopic (exact) mass is 249 g/mol. The van der Waals surface area contributed by atoms with Crippen molar-refractivity contribution in [1.29, 1.82) is 0 Å². The van der Waals surface area contributed by atoms with E-state index < -0.39 is 0 Å². The summed E-state index contributed by atoms with van der Waals surface area (Å²) < 4.78 is 0. The highest BCUT2D eigenvalue weighted by Gasteiger charge is 2.18. The van der Waals surface area contributed by atoms with Crippen molar-refractivity contribution in [2.24, 2.45) is 0 Å². The van der Waals surface area contributed by atoms with Gasteiger partial charge in [-0.2, -0.15) is 0 Å². The van der Waals surface area contributed by atoms with E-state index in [9.17, 15) is 10.1 Å². The molecule has 1 saturated heterocycles. The maximum Gasteiger partial charge on any atom is 0.295 e. The van der Waals surface area contributed by atoms with Crippen LogP contribution in [0.2, 0.25) is 0 Å². The predicted molar refractivity (Wildman–Crippen MR) is 72.0 cm³/mol. The Bertz CT molecular complexity index is 428. The van der Waals surface area contributed by atoms with Crippen LogP contribution in [0, 0.1) is 17.0 Å². The highest BCUT2D eigenvalue weighted by molar-refractivity contribution is 5.65. The third-order valence-electron chi connectivity index (χ3n) is 3.37. The SMILES string of the molecule is Cc1cccc(NCC2CCCCN2)c1[N+](=O)[O-]. The van der Waals surface area contributed by atoms with Gasteiger partial charge in [-0.05, 0) is 32.4 Å². The quantitative estimate of drug-likeness (QED) is 0.635. The molecule has 5 nitrogen and oxygen atoms in total. The lowest BCUT2D eigenvalue weighted by molar-refractivity contribution is -0.384. The molecule has 1 atom stereocenters. The summed E-state index contributed by atoms with van der Waals surface area (Å²) >= 11 is 0. The Morgan fingerprint density at radius 1 is 1.50 bits per heavy atom. The van der Waals surface area contributed by atoms with Gasteiger partial charge >= 0.3 is 0 Å². The third-order valence-corrected chi connectivity index (χ3v) is 3.37. The molecule has 2 N–H and O–H groups in total. The molecule has 98 valence electrons. The van der Waals surface area contributed by atoms with E-state index in [1.54, 1.807) is 19.1 Å². The van der Waals surface area contributed by atoms with Crippen molar-refractivity contribution in [2.45, 2.75) is 32.2 Å². The average molecular weight is 249 g/mol. The van der Waals surface area contributed by atoms with Gasteiger partial charge in [0.1, 0.15) is 5.69 Å². The minimum atomic E-state index is -0.314. The summed E-state index contributed by atoms with van der Waals surface area (Å²) in [6.45, 7) is 3.55. The van der Waals surface area contributed by atoms with Gasteiger partial charge < -0.3 is 10.6 Å². The Labute approximate surface area is 107 Å². The van der Waals surface area contributed by atoms with Crippen molar-refractivity contribution in [2.75, 3.05) is 18.4 Å². The predicted octanol–water partition coefficient (Wildman–Crippen LogP) is 2.46. The number of rotatable bonds is 4. The second kappa shape index (κ2) is 5.82. The van der Waals surface area contributed by atoms with Gasteiger partial charge in [0.05, 0.1) is 4.92 Å². The number of nitrogens with one attached hydrogen (secondary N) is 2. The van der Waals surface area contributed by atoms with E-state index in [4.69, 9.17) is 0 Å². The van der Waals surface area contributed by atoms with Gasteiger partial charge in [-0.15, -0.1) is 0 Å². The van der Waals surface area contributed by atoms with Crippen LogP contribution in [0.15, 0.2) is 18.2 Å². The molecule has 0 spiro atoms. The number of para-hydroxylation sites is 1. The van der Waals surface area contributed by atoms with Crippen molar-refractivity contribution in [3.8, 4) is 0 Å². The van der Waals surface area contributed by atoms with Crippen molar-refractivity contribution in [3.63, 3.8) is 0 Å². The smallest absolute Gasteiger partial charge is 0.295 e. The van der Waals surface area contributed by atoms with Crippen molar-refractivity contribution >= 4 is 11.4 Å². The number of nitro benzene ring substituents is 1. The second-order valence-corrected chi connectivity index (χ2v) is 4.76. The number of nitrogens with zero attached hydrogens (tertiary/aromatic N) is 1. The Morgan fingerprint density at radius 2 is 2.33 bits per heavy atom. The molecular formula is C13H19N3O2. The average Bonchev–Trinajstić information content (AvgIpc) is 2.37. The van der Waals surface area contributed by atoms with Crippen LogP contribution in [0.25, 0.3) is 0 Å². The molecule has 0 amide bonds. The molecule has 1 fully saturated rings. The fraction of sp³-hybridized carbons (Fsp3) is 0.538. The summed E-state index contributed by atoms with van der Waals surface area (Å²) in [5.41, 5.74) is 1.50. The highest BCUT2D eigenvalue weighted by Crippen LogP contribution is 2.27. The third kappa shape index (κ3) is 2.98. The summed E-state index contributed by atoms with van der Waals surface area (Å²) in [7, 11) is 0. The number of benzene rings is 1. The number of piperidine rings is 1. The molecule has 2 rings (SSSR count). The molecule has 0 radical (unpaired) electrons. The summed E-state index contributed by atoms with van der Waals surface area (Å²) in [5, 5.41) is 17.7. The first-order valence-corrected chi connectivity index (χ1v) is 6.40. The van der Waals surface area contributed by atoms with Gasteiger partial charge in [0.2, 0.25) is 0 Å². The molecule has 1 aliphatic rings. The molecule has 0 aromatic heterocycles. The van der Waals surface area contributed by atoms with Crippen LogP contribution in [0.4, 0.5) is 11.4 Å². The highest BCUT2D eigenvalue weighted by atomic mass is 16.6. The standard InChI is InChI=1S/C13H19N3O2/c1-10-5-4-7-12(13(10)16(17)18)15-9-11-6-2-3-8-14-11/h4-5,7,11,14-15H,2-3,6,8-9H2,1H3. The summed E-state index contributed by atoms with van der Waals surface area (Å²) in [6, 6.07) is 5.80. The first-order valence-electron chi connectivity index (χ1n) is 6.40. The largest absolute Gasteiger partial charge is 0.378 e. The van der Waals surface area contributed by atoms with Gasteiger partial charge in [0.25, 0.3) is 5.69 Å². The first kappa shape index (κ1) is 12.8. The van der Waals surface area contributed by atoms with E-state index in [0.717, 1.165) is 19.5 Å². The minimum absolute atomic E-state index is 0.188. The topological polar surface area (TPSA) is 67.2 Å². The van der Waals surface area contributed by atoms with Gasteiger partial charge in [-0.3, -0.25) is 10.1 Å². The number of aryl methyl sites for hydroxylation is 1. The van der Waals surface area contributed by atoms with E-state index >= 15 is 0 Å². The Morgan fingerprint density at radius 3 is 3.00 bits per heavy atom. The van der Waals surface area contributed by atoms with E-state index in [2.05, 4.69) is 10.6 Å². The molecular weight excluding hydrogens is 230 g/mol. The van der Waals surface area contributed by atoms with Gasteiger partial charge in [0, 0.05) is 18.2 Å². The second-order valence-electron chi connectivity index (χ2n) is 4.76. The van der Waals surface area contributed by atoms with Gasteiger partial charge in [0.15, 0.2) is 0 Å². The molecule has 1 aromatic rings. The maximum atomic E-state index is 11.0. The van der Waals surface area contributed by atoms with E-state index in [1.165, 1.54) is 12.8 Å². The Hall–Kier alpha value is -1.62. The molecule has 1 aliphatic heterocycles. The summed E-state index contributed by atoms with van der Waals surface area (Å²) in [5.74, 6) is 0. The molecule has 0 saturated carbocycles. The van der Waals surface area contributed by atoms with Crippen molar-refractivity contribution in [3.05, 3.63) is 33.9 Å². The zero-order valence-corrected chi connectivity index (χ0v) is 10.6. The Balaban J connectivity index is 2.04. The lowest BCUT2D eigenvalue weighted by Crippen LogP contribution is -2.39. The molecule has 1 aromatic carbocycles. The van der Waals surface area contributed by atoms with Crippen LogP contribution in [-0.2, 0) is 0 Å². The van der Waals surface area contributed by atoms with Crippen LogP contribution in [0.1, 0.15) is 24.8 Å². The normalized spacial score (nSPS) is 19.5. The minimum Gasteiger partial charge on any atom is -0.378 e. The number of hydrogen-bond donors (Lipinski definition) is 2. The number of hydrogen-bond acceptors (Lipinski definition) is 4. The summed E-state index contributed by atoms with van der Waals surface area (Å²) in [4.78, 5) is 10.7. The Kier molecular flexibility index (Phi) is 4.15. The lowest BCUT2D eigenvalue weighted by Gasteiger charge is -2.24. The fourth-order valence-corrected chi connectivity index (χ4v) is 2.38. The molecule has 1 heterocycles. The molecule has 0 aliphatic carbocycles. The zero-order chi connectivity index (χ0) is 13.0. The van der Waals surface area contributed by atoms with Crippen LogP contribution < -0.4 is 10.6 Å². The lowest BCUT2D eigenvalue weighted by atomic mass is 10.0. The van der Waals surface area contributed by atoms with E-state index in [-0.39, 0.29) is 10.6 Å². The molecule has 18 heavy (non-hydrogen) atoms. The van der Waals surface area contributed by atoms with Gasteiger partial charge in [-0.25, -0.2) is 0 Å². The van der Waals surface area contributed by atoms with Crippen LogP contribution in [0.3, 0.4) is 0 Å². The van der Waals surface area contributed by atoms with Crippen molar-refractivity contribution < 1.29 is 4.92 Å². The van der Waals surface area contributed by atoms with Crippen LogP contribution in [0.5, 0.6) is 0 Å². The molecule has 5 heteroatoms. The van der Waals surface area contributed by atoms with Gasteiger partial charge in [-0.1, -0.05) is 18.6 Å². The number of nitro groups is 1. The summed E-state index contributed by atoms with van der Waals surface area (Å²) in [6.07, 6.45) is 3.59. The first-order chi connectivity index (χ1) is 8.68. The van der Waals surface area contributed by atoms with E-state index in [1.807, 2.05) is 6.07 Å². The maximum absolute atomic E-state index is 11.0. The molecule has 0 bridgehead atoms. The van der Waals surface area contributed by atoms with Crippen LogP contribution in [-0.4, -0.2) is 24.1 Å². The number of anilines is 1. The molecule has 1 unspecified atom stereocenters. The zero-order valence-electron chi connectivity index (χ0n) is 10.6. The fourth-order valence-electron chi connectivity index (χ4n) is 2.38. The van der Waals surface area contributed by atoms with Crippen molar-refractivity contribution in [1.82, 2.24) is 5.32 Å². The van der Waals surface area contributed by atoms with Crippen LogP contribution >= 0.6 is 0 Å². The van der Waals surface area contributed by atoms with E-state index in [0.29, 0.717) is 17.3 Å².